The molecular formula is C38H61N9O7S4. The SMILES string of the molecule is Cc1nnc(-c2ccc(OCCOCCOC(C)(C)CCOC(C)(C)CCC(=O)N(CCNC(=O)N3CCSSCC3)CCNC(=O)N3CCSSCC3)cc2)nn1. The third kappa shape index (κ3) is 18.7. The number of aryl methyl sites for hydroxylation is 1. The Hall–Kier alpha value is -2.75. The lowest BCUT2D eigenvalue weighted by Crippen LogP contribution is -2.48. The zero-order chi connectivity index (χ0) is 41.6. The summed E-state index contributed by atoms with van der Waals surface area (Å²) in [4.78, 5) is 44.6. The number of hydrogen-bond acceptors (Lipinski definition) is 15. The molecule has 1 aromatic carbocycles. The van der Waals surface area contributed by atoms with Crippen molar-refractivity contribution in [2.45, 2.75) is 65.1 Å². The lowest BCUT2D eigenvalue weighted by atomic mass is 10.0. The van der Waals surface area contributed by atoms with Gasteiger partial charge < -0.3 is 44.3 Å². The summed E-state index contributed by atoms with van der Waals surface area (Å²) in [5, 5.41) is 22.0. The Bertz CT molecular complexity index is 1480. The molecule has 0 bridgehead atoms. The van der Waals surface area contributed by atoms with Crippen LogP contribution in [-0.2, 0) is 19.0 Å². The summed E-state index contributed by atoms with van der Waals surface area (Å²) in [6.07, 6.45) is 1.46. The molecule has 0 saturated carbocycles. The Kier molecular flexibility index (Phi) is 21.3. The highest BCUT2D eigenvalue weighted by atomic mass is 33.1. The average Bonchev–Trinajstić information content (AvgIpc) is 3.66. The van der Waals surface area contributed by atoms with Crippen molar-refractivity contribution in [2.75, 3.05) is 108 Å². The van der Waals surface area contributed by atoms with Crippen LogP contribution >= 0.6 is 43.2 Å². The first-order chi connectivity index (χ1) is 27.9. The van der Waals surface area contributed by atoms with Crippen LogP contribution in [-0.4, -0.2) is 173 Å². The Morgan fingerprint density at radius 3 is 1.74 bits per heavy atom. The van der Waals surface area contributed by atoms with Gasteiger partial charge in [-0.2, -0.15) is 0 Å². The van der Waals surface area contributed by atoms with Gasteiger partial charge >= 0.3 is 12.1 Å². The van der Waals surface area contributed by atoms with Crippen LogP contribution in [0.25, 0.3) is 11.4 Å². The van der Waals surface area contributed by atoms with Gasteiger partial charge in [-0.1, -0.05) is 43.2 Å². The van der Waals surface area contributed by atoms with Gasteiger partial charge in [-0.05, 0) is 71.7 Å². The van der Waals surface area contributed by atoms with Crippen LogP contribution in [0.4, 0.5) is 9.59 Å². The number of ether oxygens (including phenoxy) is 4. The van der Waals surface area contributed by atoms with Crippen molar-refractivity contribution in [3.63, 3.8) is 0 Å². The largest absolute Gasteiger partial charge is 0.491 e. The van der Waals surface area contributed by atoms with Crippen molar-refractivity contribution in [1.29, 1.82) is 0 Å². The van der Waals surface area contributed by atoms with Crippen LogP contribution < -0.4 is 15.4 Å². The second kappa shape index (κ2) is 25.8. The molecule has 20 heteroatoms. The maximum Gasteiger partial charge on any atom is 0.317 e. The number of aromatic nitrogens is 4. The monoisotopic (exact) mass is 883 g/mol. The quantitative estimate of drug-likeness (QED) is 0.119. The fourth-order valence-corrected chi connectivity index (χ4v) is 9.67. The number of amides is 5. The summed E-state index contributed by atoms with van der Waals surface area (Å²) in [5.41, 5.74) is -0.165. The maximum atomic E-state index is 13.6. The summed E-state index contributed by atoms with van der Waals surface area (Å²) in [5.74, 6) is 5.24. The van der Waals surface area contributed by atoms with E-state index in [9.17, 15) is 14.4 Å². The minimum atomic E-state index is -0.544. The van der Waals surface area contributed by atoms with Crippen LogP contribution in [0.15, 0.2) is 24.3 Å². The number of urea groups is 2. The summed E-state index contributed by atoms with van der Waals surface area (Å²) >= 11 is 0. The van der Waals surface area contributed by atoms with E-state index in [4.69, 9.17) is 18.9 Å². The number of benzene rings is 1. The van der Waals surface area contributed by atoms with E-state index in [2.05, 4.69) is 31.0 Å². The van der Waals surface area contributed by atoms with Gasteiger partial charge in [0.05, 0.1) is 37.6 Å². The molecule has 0 aliphatic carbocycles. The van der Waals surface area contributed by atoms with Crippen molar-refractivity contribution in [3.8, 4) is 17.1 Å². The van der Waals surface area contributed by atoms with Gasteiger partial charge in [0, 0.05) is 87.4 Å². The highest BCUT2D eigenvalue weighted by molar-refractivity contribution is 8.77. The second-order valence-corrected chi connectivity index (χ2v) is 20.2. The zero-order valence-corrected chi connectivity index (χ0v) is 37.8. The molecule has 324 valence electrons. The Balaban J connectivity index is 1.12. The molecule has 2 saturated heterocycles. The molecule has 0 spiro atoms. The van der Waals surface area contributed by atoms with E-state index in [1.165, 1.54) is 0 Å². The predicted molar refractivity (Wildman–Crippen MR) is 234 cm³/mol. The molecule has 5 amide bonds. The molecule has 0 radical (unpaired) electrons. The van der Waals surface area contributed by atoms with E-state index in [1.54, 1.807) is 55.0 Å². The predicted octanol–water partition coefficient (Wildman–Crippen LogP) is 5.04. The summed E-state index contributed by atoms with van der Waals surface area (Å²) < 4.78 is 23.9. The van der Waals surface area contributed by atoms with Gasteiger partial charge in [0.1, 0.15) is 12.4 Å². The second-order valence-electron chi connectivity index (χ2n) is 14.8. The number of nitrogens with one attached hydrogen (secondary N) is 2. The van der Waals surface area contributed by atoms with Gasteiger partial charge in [0.2, 0.25) is 11.7 Å². The molecule has 2 aromatic rings. The van der Waals surface area contributed by atoms with E-state index in [0.717, 1.165) is 28.6 Å². The highest BCUT2D eigenvalue weighted by Gasteiger charge is 2.26. The standard InChI is InChI=1S/C38H61N9O7S4/c1-30-41-43-34(44-42-30)31-6-8-32(9-7-31)52-24-22-51-23-25-54-38(4,5)12-21-53-37(2,3)11-10-33(48)45(15-13-39-35(49)46-17-26-55-56-27-18-46)16-14-40-36(50)47-19-28-57-58-29-20-47/h6-9H,10-29H2,1-5H3,(H,39,49)(H,40,50). The van der Waals surface area contributed by atoms with Crippen LogP contribution in [0.3, 0.4) is 0 Å². The first kappa shape index (κ1) is 47.9. The minimum absolute atomic E-state index is 0.0407. The smallest absolute Gasteiger partial charge is 0.317 e. The third-order valence-corrected chi connectivity index (χ3v) is 14.0. The molecular weight excluding hydrogens is 823 g/mol. The van der Waals surface area contributed by atoms with E-state index >= 15 is 0 Å². The summed E-state index contributed by atoms with van der Waals surface area (Å²) in [6, 6.07) is 7.21. The molecule has 0 unspecified atom stereocenters. The molecule has 3 heterocycles. The number of nitrogens with zero attached hydrogens (tertiary/aromatic N) is 7. The van der Waals surface area contributed by atoms with E-state index < -0.39 is 11.2 Å². The first-order valence-corrected chi connectivity index (χ1v) is 24.8. The third-order valence-electron chi connectivity index (χ3n) is 9.23. The average molecular weight is 884 g/mol. The molecule has 2 fully saturated rings. The van der Waals surface area contributed by atoms with Crippen LogP contribution in [0.1, 0.15) is 52.8 Å². The Morgan fingerprint density at radius 2 is 1.19 bits per heavy atom. The van der Waals surface area contributed by atoms with Crippen molar-refractivity contribution >= 4 is 61.1 Å². The highest BCUT2D eigenvalue weighted by Crippen LogP contribution is 2.25. The molecule has 16 nitrogen and oxygen atoms in total. The summed E-state index contributed by atoms with van der Waals surface area (Å²) in [6.45, 7) is 16.1. The molecule has 58 heavy (non-hydrogen) atoms. The van der Waals surface area contributed by atoms with E-state index in [1.807, 2.05) is 61.8 Å². The molecule has 2 aliphatic rings. The van der Waals surface area contributed by atoms with Crippen LogP contribution in [0, 0.1) is 6.92 Å². The van der Waals surface area contributed by atoms with Crippen molar-refractivity contribution in [1.82, 2.24) is 45.7 Å². The molecule has 4 rings (SSSR count). The molecule has 2 aliphatic heterocycles. The zero-order valence-electron chi connectivity index (χ0n) is 34.6. The van der Waals surface area contributed by atoms with E-state index in [0.29, 0.717) is 116 Å². The van der Waals surface area contributed by atoms with Gasteiger partial charge in [-0.3, -0.25) is 4.79 Å². The topological polar surface area (TPSA) is 173 Å². The van der Waals surface area contributed by atoms with Crippen molar-refractivity contribution in [2.24, 2.45) is 0 Å². The van der Waals surface area contributed by atoms with Gasteiger partial charge in [0.15, 0.2) is 5.82 Å². The fraction of sp³-hybridized carbons (Fsp3) is 0.711. The molecule has 0 atom stereocenters. The summed E-state index contributed by atoms with van der Waals surface area (Å²) in [7, 11) is 7.13. The van der Waals surface area contributed by atoms with Crippen molar-refractivity contribution < 1.29 is 33.3 Å². The van der Waals surface area contributed by atoms with Gasteiger partial charge in [-0.15, -0.1) is 20.4 Å². The minimum Gasteiger partial charge on any atom is -0.491 e. The number of rotatable bonds is 22. The Morgan fingerprint density at radius 1 is 0.690 bits per heavy atom. The number of carbonyl (C=O) groups is 3. The lowest BCUT2D eigenvalue weighted by Gasteiger charge is -2.31. The number of hydrogen-bond donors (Lipinski definition) is 2. The Labute approximate surface area is 359 Å². The fourth-order valence-electron chi connectivity index (χ4n) is 5.71. The lowest BCUT2D eigenvalue weighted by molar-refractivity contribution is -0.133. The molecule has 1 aromatic heterocycles. The van der Waals surface area contributed by atoms with Gasteiger partial charge in [-0.25, -0.2) is 9.59 Å². The van der Waals surface area contributed by atoms with Crippen molar-refractivity contribution in [3.05, 3.63) is 30.1 Å². The van der Waals surface area contributed by atoms with Gasteiger partial charge in [0.25, 0.3) is 0 Å². The first-order valence-electron chi connectivity index (χ1n) is 19.9. The molecule has 2 N–H and O–H groups in total. The van der Waals surface area contributed by atoms with Crippen LogP contribution in [0.2, 0.25) is 0 Å². The number of carbonyl (C=O) groups excluding carboxylic acids is 3. The van der Waals surface area contributed by atoms with E-state index in [-0.39, 0.29) is 24.4 Å². The maximum absolute atomic E-state index is 13.6. The normalized spacial score (nSPS) is 15.3. The van der Waals surface area contributed by atoms with Crippen LogP contribution in [0.5, 0.6) is 5.75 Å².